The minimum atomic E-state index is 0. The van der Waals surface area contributed by atoms with Gasteiger partial charge in [-0.15, -0.1) is 24.0 Å². The summed E-state index contributed by atoms with van der Waals surface area (Å²) in [5.41, 5.74) is 1.47. The highest BCUT2D eigenvalue weighted by Gasteiger charge is 2.59. The highest BCUT2D eigenvalue weighted by molar-refractivity contribution is 14.0. The van der Waals surface area contributed by atoms with Crippen LogP contribution in [-0.2, 0) is 4.74 Å². The lowest BCUT2D eigenvalue weighted by molar-refractivity contribution is -0.106. The first kappa shape index (κ1) is 23.6. The number of methoxy groups -OCH3 is 1. The zero-order valence-corrected chi connectivity index (χ0v) is 21.0. The van der Waals surface area contributed by atoms with Gasteiger partial charge in [0.05, 0.1) is 19.3 Å². The van der Waals surface area contributed by atoms with E-state index in [0.29, 0.717) is 24.1 Å². The minimum Gasteiger partial charge on any atom is -0.497 e. The van der Waals surface area contributed by atoms with Crippen LogP contribution in [0, 0.1) is 11.3 Å². The number of aliphatic imine (C=N–C) groups is 1. The molecule has 2 heterocycles. The van der Waals surface area contributed by atoms with E-state index in [1.807, 2.05) is 7.05 Å². The predicted molar refractivity (Wildman–Crippen MR) is 132 cm³/mol. The third-order valence-electron chi connectivity index (χ3n) is 7.16. The number of hydrogen-bond acceptors (Lipinski definition) is 4. The Morgan fingerprint density at radius 3 is 2.60 bits per heavy atom. The van der Waals surface area contributed by atoms with E-state index in [2.05, 4.69) is 58.6 Å². The number of likely N-dealkylation sites (tertiary alicyclic amines) is 1. The van der Waals surface area contributed by atoms with Crippen LogP contribution in [0.5, 0.6) is 5.75 Å². The van der Waals surface area contributed by atoms with Crippen LogP contribution in [0.25, 0.3) is 0 Å². The average Bonchev–Trinajstić information content (AvgIpc) is 3.42. The summed E-state index contributed by atoms with van der Waals surface area (Å²) < 4.78 is 11.3. The number of ether oxygens (including phenoxy) is 2. The van der Waals surface area contributed by atoms with Crippen LogP contribution in [-0.4, -0.2) is 63.4 Å². The minimum absolute atomic E-state index is 0. The molecule has 1 aliphatic carbocycles. The highest BCUT2D eigenvalue weighted by Crippen LogP contribution is 2.52. The maximum atomic E-state index is 5.94. The summed E-state index contributed by atoms with van der Waals surface area (Å²) in [5, 5.41) is 7.32. The number of guanidine groups is 1. The number of halogens is 1. The van der Waals surface area contributed by atoms with Crippen LogP contribution < -0.4 is 15.4 Å². The molecule has 1 saturated carbocycles. The summed E-state index contributed by atoms with van der Waals surface area (Å²) in [6.45, 7) is 8.63. The van der Waals surface area contributed by atoms with E-state index in [0.717, 1.165) is 44.4 Å². The standard InChI is InChI=1S/C23H36N4O2.HI/c1-23(2)20(18-11-14-29-21(18)23)26-22(24-3)25-15-19(27-12-5-6-13-27)16-7-9-17(28-4)10-8-16;/h7-10,18-21H,5-6,11-15H2,1-4H3,(H2,24,25,26);1H. The first-order valence-corrected chi connectivity index (χ1v) is 11.0. The van der Waals surface area contributed by atoms with E-state index in [1.54, 1.807) is 7.11 Å². The molecule has 30 heavy (non-hydrogen) atoms. The van der Waals surface area contributed by atoms with Gasteiger partial charge in [0.1, 0.15) is 5.75 Å². The summed E-state index contributed by atoms with van der Waals surface area (Å²) in [5.74, 6) is 2.39. The first-order valence-electron chi connectivity index (χ1n) is 11.0. The van der Waals surface area contributed by atoms with Gasteiger partial charge in [0, 0.05) is 37.6 Å². The van der Waals surface area contributed by atoms with Crippen molar-refractivity contribution in [1.82, 2.24) is 15.5 Å². The smallest absolute Gasteiger partial charge is 0.191 e. The van der Waals surface area contributed by atoms with Crippen LogP contribution in [0.3, 0.4) is 0 Å². The molecule has 2 saturated heterocycles. The van der Waals surface area contributed by atoms with Crippen molar-refractivity contribution in [2.24, 2.45) is 16.3 Å². The van der Waals surface area contributed by atoms with Crippen molar-refractivity contribution < 1.29 is 9.47 Å². The van der Waals surface area contributed by atoms with Gasteiger partial charge < -0.3 is 20.1 Å². The monoisotopic (exact) mass is 528 g/mol. The number of fused-ring (bicyclic) bond motifs is 1. The normalized spacial score (nSPS) is 28.8. The van der Waals surface area contributed by atoms with E-state index < -0.39 is 0 Å². The number of nitrogens with zero attached hydrogens (tertiary/aromatic N) is 2. The van der Waals surface area contributed by atoms with Gasteiger partial charge in [-0.3, -0.25) is 9.89 Å². The number of benzene rings is 1. The Balaban J connectivity index is 0.00000256. The summed E-state index contributed by atoms with van der Waals surface area (Å²) in [6.07, 6.45) is 4.08. The van der Waals surface area contributed by atoms with E-state index in [9.17, 15) is 0 Å². The highest BCUT2D eigenvalue weighted by atomic mass is 127. The molecule has 0 radical (unpaired) electrons. The third kappa shape index (κ3) is 4.58. The zero-order chi connectivity index (χ0) is 20.4. The zero-order valence-electron chi connectivity index (χ0n) is 18.7. The molecule has 4 rings (SSSR count). The quantitative estimate of drug-likeness (QED) is 0.337. The molecule has 4 atom stereocenters. The lowest BCUT2D eigenvalue weighted by Gasteiger charge is -2.55. The Kier molecular flexibility index (Phi) is 7.90. The third-order valence-corrected chi connectivity index (χ3v) is 7.16. The van der Waals surface area contributed by atoms with Crippen molar-refractivity contribution in [3.05, 3.63) is 29.8 Å². The van der Waals surface area contributed by atoms with E-state index in [-0.39, 0.29) is 29.4 Å². The second-order valence-electron chi connectivity index (χ2n) is 9.17. The summed E-state index contributed by atoms with van der Waals surface area (Å²) in [6, 6.07) is 9.24. The predicted octanol–water partition coefficient (Wildman–Crippen LogP) is 3.43. The lowest BCUT2D eigenvalue weighted by Crippen LogP contribution is -2.68. The van der Waals surface area contributed by atoms with Gasteiger partial charge in [-0.1, -0.05) is 26.0 Å². The van der Waals surface area contributed by atoms with Gasteiger partial charge in [-0.25, -0.2) is 0 Å². The van der Waals surface area contributed by atoms with E-state index in [4.69, 9.17) is 9.47 Å². The first-order chi connectivity index (χ1) is 14.0. The molecule has 3 aliphatic rings. The fourth-order valence-electron chi connectivity index (χ4n) is 5.49. The van der Waals surface area contributed by atoms with Gasteiger partial charge in [0.15, 0.2) is 5.96 Å². The largest absolute Gasteiger partial charge is 0.497 e. The molecule has 0 spiro atoms. The second kappa shape index (κ2) is 10.0. The molecule has 6 nitrogen and oxygen atoms in total. The fraction of sp³-hybridized carbons (Fsp3) is 0.696. The van der Waals surface area contributed by atoms with Crippen molar-refractivity contribution in [3.8, 4) is 5.75 Å². The number of hydrogen-bond donors (Lipinski definition) is 2. The molecule has 0 amide bonds. The summed E-state index contributed by atoms with van der Waals surface area (Å²) in [7, 11) is 3.58. The van der Waals surface area contributed by atoms with Gasteiger partial charge in [-0.2, -0.15) is 0 Å². The van der Waals surface area contributed by atoms with Gasteiger partial charge in [0.25, 0.3) is 0 Å². The van der Waals surface area contributed by atoms with Crippen molar-refractivity contribution in [1.29, 1.82) is 0 Å². The molecular weight excluding hydrogens is 491 g/mol. The van der Waals surface area contributed by atoms with Crippen LogP contribution in [0.1, 0.15) is 44.7 Å². The molecule has 1 aromatic rings. The molecular formula is C23H37IN4O2. The molecule has 2 aliphatic heterocycles. The molecule has 168 valence electrons. The van der Waals surface area contributed by atoms with Crippen molar-refractivity contribution in [2.45, 2.75) is 51.3 Å². The molecule has 4 unspecified atom stereocenters. The van der Waals surface area contributed by atoms with Gasteiger partial charge in [-0.05, 0) is 50.0 Å². The lowest BCUT2D eigenvalue weighted by atomic mass is 9.57. The van der Waals surface area contributed by atoms with Gasteiger partial charge >= 0.3 is 0 Å². The Bertz CT molecular complexity index is 718. The van der Waals surface area contributed by atoms with Crippen molar-refractivity contribution >= 4 is 29.9 Å². The van der Waals surface area contributed by atoms with Crippen LogP contribution in [0.4, 0.5) is 0 Å². The van der Waals surface area contributed by atoms with Crippen LogP contribution in [0.15, 0.2) is 29.3 Å². The molecule has 0 bridgehead atoms. The maximum absolute atomic E-state index is 5.94. The number of nitrogens with one attached hydrogen (secondary N) is 2. The van der Waals surface area contributed by atoms with Crippen molar-refractivity contribution in [2.75, 3.05) is 40.4 Å². The Labute approximate surface area is 198 Å². The maximum Gasteiger partial charge on any atom is 0.191 e. The van der Waals surface area contributed by atoms with E-state index >= 15 is 0 Å². The SMILES string of the molecule is CN=C(NCC(c1ccc(OC)cc1)N1CCCC1)NC1C2CCOC2C1(C)C.I. The number of rotatable bonds is 6. The van der Waals surface area contributed by atoms with Gasteiger partial charge in [0.2, 0.25) is 0 Å². The molecule has 7 heteroatoms. The Morgan fingerprint density at radius 1 is 1.27 bits per heavy atom. The van der Waals surface area contributed by atoms with Crippen LogP contribution >= 0.6 is 24.0 Å². The topological polar surface area (TPSA) is 58.1 Å². The average molecular weight is 528 g/mol. The van der Waals surface area contributed by atoms with E-state index in [1.165, 1.54) is 18.4 Å². The van der Waals surface area contributed by atoms with Crippen molar-refractivity contribution in [3.63, 3.8) is 0 Å². The molecule has 2 N–H and O–H groups in total. The summed E-state index contributed by atoms with van der Waals surface area (Å²) in [4.78, 5) is 7.10. The molecule has 0 aromatic heterocycles. The molecule has 3 fully saturated rings. The van der Waals surface area contributed by atoms with Crippen LogP contribution in [0.2, 0.25) is 0 Å². The summed E-state index contributed by atoms with van der Waals surface area (Å²) >= 11 is 0. The molecule has 1 aromatic carbocycles. The Hall–Kier alpha value is -1.06. The Morgan fingerprint density at radius 2 is 1.97 bits per heavy atom. The fourth-order valence-corrected chi connectivity index (χ4v) is 5.49. The second-order valence-corrected chi connectivity index (χ2v) is 9.17.